The van der Waals surface area contributed by atoms with Gasteiger partial charge in [-0.25, -0.2) is 4.79 Å². The van der Waals surface area contributed by atoms with Crippen LogP contribution in [-0.4, -0.2) is 33.1 Å². The van der Waals surface area contributed by atoms with Crippen LogP contribution in [0.25, 0.3) is 0 Å². The van der Waals surface area contributed by atoms with Gasteiger partial charge in [0.15, 0.2) is 17.3 Å². The van der Waals surface area contributed by atoms with Gasteiger partial charge in [-0.15, -0.1) is 0 Å². The fourth-order valence-electron chi connectivity index (χ4n) is 2.85. The number of Topliss-reactive ketones (excluding diaryl/α,β-unsaturated/α-hetero) is 1. The van der Waals surface area contributed by atoms with E-state index in [1.54, 1.807) is 42.5 Å². The van der Waals surface area contributed by atoms with Crippen LogP contribution < -0.4 is 18.9 Å². The van der Waals surface area contributed by atoms with Crippen LogP contribution in [0.2, 0.25) is 0 Å². The zero-order valence-corrected chi connectivity index (χ0v) is 16.3. The quantitative estimate of drug-likeness (QED) is 0.324. The molecule has 0 aliphatic rings. The minimum atomic E-state index is -0.678. The number of methoxy groups -OCH3 is 3. The van der Waals surface area contributed by atoms with Crippen LogP contribution in [0.4, 0.5) is 0 Å². The smallest absolute Gasteiger partial charge is 0.379 e. The molecule has 0 aliphatic carbocycles. The molecule has 0 saturated carbocycles. The summed E-state index contributed by atoms with van der Waals surface area (Å²) in [6, 6.07) is 13.0. The Labute approximate surface area is 167 Å². The molecule has 1 aromatic heterocycles. The lowest BCUT2D eigenvalue weighted by Gasteiger charge is -2.14. The molecule has 0 bridgehead atoms. The molecular formula is C22H20O7. The fraction of sp³-hybridized carbons (Fsp3) is 0.182. The molecule has 0 fully saturated rings. The maximum atomic E-state index is 12.9. The Morgan fingerprint density at radius 2 is 1.55 bits per heavy atom. The molecule has 3 aromatic rings. The number of hydrogen-bond acceptors (Lipinski definition) is 7. The molecule has 2 aromatic carbocycles. The van der Waals surface area contributed by atoms with Crippen LogP contribution in [0.1, 0.15) is 26.5 Å². The lowest BCUT2D eigenvalue weighted by Crippen LogP contribution is -2.12. The zero-order valence-electron chi connectivity index (χ0n) is 16.3. The number of carbonyl (C=O) groups excluding carboxylic acids is 2. The first-order chi connectivity index (χ1) is 14.1. The summed E-state index contributed by atoms with van der Waals surface area (Å²) in [4.78, 5) is 25.1. The number of para-hydroxylation sites is 1. The second kappa shape index (κ2) is 8.97. The van der Waals surface area contributed by atoms with Gasteiger partial charge in [-0.3, -0.25) is 4.79 Å². The summed E-state index contributed by atoms with van der Waals surface area (Å²) in [5.41, 5.74) is 0.942. The summed E-state index contributed by atoms with van der Waals surface area (Å²) in [6.45, 7) is 0. The Hall–Kier alpha value is -3.74. The SMILES string of the molecule is COc1cc(CC(=O)c2ccccc2OC(=O)c2ccco2)cc(OC)c1OC. The molecule has 150 valence electrons. The van der Waals surface area contributed by atoms with E-state index in [2.05, 4.69) is 0 Å². The number of ether oxygens (including phenoxy) is 4. The third-order valence-corrected chi connectivity index (χ3v) is 4.20. The number of carbonyl (C=O) groups is 2. The average Bonchev–Trinajstić information content (AvgIpc) is 3.28. The molecule has 0 spiro atoms. The van der Waals surface area contributed by atoms with Crippen molar-refractivity contribution in [2.24, 2.45) is 0 Å². The van der Waals surface area contributed by atoms with E-state index in [0.29, 0.717) is 22.8 Å². The van der Waals surface area contributed by atoms with Gasteiger partial charge >= 0.3 is 5.97 Å². The van der Waals surface area contributed by atoms with E-state index in [1.807, 2.05) is 0 Å². The lowest BCUT2D eigenvalue weighted by atomic mass is 10.0. The van der Waals surface area contributed by atoms with Crippen molar-refractivity contribution in [3.05, 3.63) is 71.7 Å². The highest BCUT2D eigenvalue weighted by Gasteiger charge is 2.20. The van der Waals surface area contributed by atoms with E-state index in [4.69, 9.17) is 23.4 Å². The molecule has 0 atom stereocenters. The Bertz CT molecular complexity index is 981. The third kappa shape index (κ3) is 4.40. The first-order valence-corrected chi connectivity index (χ1v) is 8.74. The van der Waals surface area contributed by atoms with Crippen molar-refractivity contribution in [2.75, 3.05) is 21.3 Å². The van der Waals surface area contributed by atoms with E-state index in [9.17, 15) is 9.59 Å². The van der Waals surface area contributed by atoms with Crippen molar-refractivity contribution >= 4 is 11.8 Å². The van der Waals surface area contributed by atoms with Gasteiger partial charge in [0, 0.05) is 6.42 Å². The predicted octanol–water partition coefficient (Wildman–Crippen LogP) is 3.95. The van der Waals surface area contributed by atoms with E-state index in [1.165, 1.54) is 33.7 Å². The molecule has 0 amide bonds. The maximum absolute atomic E-state index is 12.9. The van der Waals surface area contributed by atoms with E-state index >= 15 is 0 Å². The summed E-state index contributed by atoms with van der Waals surface area (Å²) in [5.74, 6) is 0.645. The van der Waals surface area contributed by atoms with Crippen molar-refractivity contribution in [1.82, 2.24) is 0 Å². The molecule has 7 nitrogen and oxygen atoms in total. The van der Waals surface area contributed by atoms with Crippen LogP contribution in [0.15, 0.2) is 59.2 Å². The highest BCUT2D eigenvalue weighted by atomic mass is 16.5. The number of furan rings is 1. The number of hydrogen-bond donors (Lipinski definition) is 0. The van der Waals surface area contributed by atoms with Crippen LogP contribution >= 0.6 is 0 Å². The molecular weight excluding hydrogens is 376 g/mol. The first-order valence-electron chi connectivity index (χ1n) is 8.74. The van der Waals surface area contributed by atoms with Gasteiger partial charge < -0.3 is 23.4 Å². The van der Waals surface area contributed by atoms with Gasteiger partial charge in [0.05, 0.1) is 33.2 Å². The summed E-state index contributed by atoms with van der Waals surface area (Å²) in [7, 11) is 4.52. The van der Waals surface area contributed by atoms with E-state index in [-0.39, 0.29) is 29.3 Å². The summed E-state index contributed by atoms with van der Waals surface area (Å²) < 4.78 is 26.3. The fourth-order valence-corrected chi connectivity index (χ4v) is 2.85. The Morgan fingerprint density at radius 3 is 2.14 bits per heavy atom. The van der Waals surface area contributed by atoms with Gasteiger partial charge in [0.2, 0.25) is 11.5 Å². The highest BCUT2D eigenvalue weighted by molar-refractivity contribution is 6.01. The Balaban J connectivity index is 1.86. The minimum Gasteiger partial charge on any atom is -0.493 e. The number of esters is 1. The number of rotatable bonds is 8. The van der Waals surface area contributed by atoms with Crippen LogP contribution in [0.5, 0.6) is 23.0 Å². The Morgan fingerprint density at radius 1 is 0.862 bits per heavy atom. The lowest BCUT2D eigenvalue weighted by molar-refractivity contribution is 0.0699. The van der Waals surface area contributed by atoms with Gasteiger partial charge in [-0.2, -0.15) is 0 Å². The van der Waals surface area contributed by atoms with Gasteiger partial charge in [-0.1, -0.05) is 12.1 Å². The second-order valence-corrected chi connectivity index (χ2v) is 6.00. The standard InChI is InChI=1S/C22H20O7/c1-25-19-12-14(13-20(26-2)21(19)27-3)11-16(23)15-7-4-5-8-17(15)29-22(24)18-9-6-10-28-18/h4-10,12-13H,11H2,1-3H3. The predicted molar refractivity (Wildman–Crippen MR) is 104 cm³/mol. The summed E-state index contributed by atoms with van der Waals surface area (Å²) >= 11 is 0. The first kappa shape index (κ1) is 20.0. The number of benzene rings is 2. The number of ketones is 1. The van der Waals surface area contributed by atoms with Crippen LogP contribution in [0.3, 0.4) is 0 Å². The zero-order chi connectivity index (χ0) is 20.8. The summed E-state index contributed by atoms with van der Waals surface area (Å²) in [5, 5.41) is 0. The molecule has 7 heteroatoms. The molecule has 3 rings (SSSR count). The van der Waals surface area contributed by atoms with Crippen molar-refractivity contribution in [1.29, 1.82) is 0 Å². The Kier molecular flexibility index (Phi) is 6.19. The second-order valence-electron chi connectivity index (χ2n) is 6.00. The maximum Gasteiger partial charge on any atom is 0.379 e. The van der Waals surface area contributed by atoms with Crippen molar-refractivity contribution in [2.45, 2.75) is 6.42 Å². The highest BCUT2D eigenvalue weighted by Crippen LogP contribution is 2.38. The normalized spacial score (nSPS) is 10.3. The van der Waals surface area contributed by atoms with Gasteiger partial charge in [-0.05, 0) is 42.0 Å². The van der Waals surface area contributed by atoms with Crippen LogP contribution in [0, 0.1) is 0 Å². The van der Waals surface area contributed by atoms with Gasteiger partial charge in [0.1, 0.15) is 5.75 Å². The minimum absolute atomic E-state index is 0.0476. The third-order valence-electron chi connectivity index (χ3n) is 4.20. The topological polar surface area (TPSA) is 84.2 Å². The van der Waals surface area contributed by atoms with E-state index < -0.39 is 5.97 Å². The summed E-state index contributed by atoms with van der Waals surface area (Å²) in [6.07, 6.45) is 1.42. The van der Waals surface area contributed by atoms with E-state index in [0.717, 1.165) is 0 Å². The molecule has 0 N–H and O–H groups in total. The monoisotopic (exact) mass is 396 g/mol. The van der Waals surface area contributed by atoms with Gasteiger partial charge in [0.25, 0.3) is 0 Å². The molecule has 29 heavy (non-hydrogen) atoms. The molecule has 0 aliphatic heterocycles. The molecule has 0 unspecified atom stereocenters. The largest absolute Gasteiger partial charge is 0.493 e. The van der Waals surface area contributed by atoms with Crippen LogP contribution in [-0.2, 0) is 6.42 Å². The van der Waals surface area contributed by atoms with Crippen molar-refractivity contribution in [3.63, 3.8) is 0 Å². The molecule has 0 saturated heterocycles. The van der Waals surface area contributed by atoms with Crippen molar-refractivity contribution in [3.8, 4) is 23.0 Å². The molecule has 0 radical (unpaired) electrons. The molecule has 1 heterocycles. The average molecular weight is 396 g/mol. The van der Waals surface area contributed by atoms with Crippen molar-refractivity contribution < 1.29 is 33.0 Å².